The van der Waals surface area contributed by atoms with Gasteiger partial charge in [0.05, 0.1) is 12.7 Å². The molecule has 0 saturated carbocycles. The minimum atomic E-state index is -1.31. The molecule has 0 spiro atoms. The number of pyridine rings is 1. The van der Waals surface area contributed by atoms with E-state index < -0.39 is 16.7 Å². The average Bonchev–Trinajstić information content (AvgIpc) is 2.34. The van der Waals surface area contributed by atoms with E-state index in [1.54, 1.807) is 0 Å². The van der Waals surface area contributed by atoms with Crippen LogP contribution in [0, 0.1) is 10.1 Å². The van der Waals surface area contributed by atoms with Crippen molar-refractivity contribution < 1.29 is 24.3 Å². The maximum atomic E-state index is 10.9. The van der Waals surface area contributed by atoms with E-state index in [2.05, 4.69) is 4.98 Å². The number of rotatable bonds is 7. The molecule has 0 aliphatic carbocycles. The van der Waals surface area contributed by atoms with E-state index >= 15 is 0 Å². The van der Waals surface area contributed by atoms with E-state index in [0.29, 0.717) is 13.2 Å². The molecule has 0 fully saturated rings. The molecule has 1 aromatic heterocycles. The fourth-order valence-corrected chi connectivity index (χ4v) is 1.17. The number of carbonyl (C=O) groups is 1. The maximum Gasteiger partial charge on any atom is 0.364 e. The zero-order chi connectivity index (χ0) is 13.5. The highest BCUT2D eigenvalue weighted by Crippen LogP contribution is 2.21. The fraction of sp³-hybridized carbons (Fsp3) is 0.400. The lowest BCUT2D eigenvalue weighted by Crippen LogP contribution is -2.10. The highest BCUT2D eigenvalue weighted by molar-refractivity contribution is 5.91. The van der Waals surface area contributed by atoms with Crippen molar-refractivity contribution in [1.29, 1.82) is 0 Å². The van der Waals surface area contributed by atoms with Crippen LogP contribution in [0.25, 0.3) is 0 Å². The molecule has 0 amide bonds. The number of hydrogen-bond acceptors (Lipinski definition) is 6. The van der Waals surface area contributed by atoms with E-state index in [9.17, 15) is 14.9 Å². The number of aromatic carboxylic acids is 1. The van der Waals surface area contributed by atoms with Crippen molar-refractivity contribution in [3.63, 3.8) is 0 Å². The molecule has 1 aromatic rings. The Morgan fingerprint density at radius 1 is 1.56 bits per heavy atom. The van der Waals surface area contributed by atoms with Gasteiger partial charge < -0.3 is 24.7 Å². The van der Waals surface area contributed by atoms with Crippen molar-refractivity contribution in [2.75, 3.05) is 19.8 Å². The molecule has 0 unspecified atom stereocenters. The van der Waals surface area contributed by atoms with Crippen LogP contribution in [-0.2, 0) is 4.74 Å². The van der Waals surface area contributed by atoms with Crippen LogP contribution in [0.3, 0.4) is 0 Å². The third-order valence-electron chi connectivity index (χ3n) is 1.96. The quantitative estimate of drug-likeness (QED) is 0.441. The Morgan fingerprint density at radius 3 is 2.83 bits per heavy atom. The molecule has 0 radical (unpaired) electrons. The van der Waals surface area contributed by atoms with E-state index in [1.807, 2.05) is 6.92 Å². The van der Waals surface area contributed by atoms with Gasteiger partial charge in [-0.15, -0.1) is 0 Å². The van der Waals surface area contributed by atoms with Crippen molar-refractivity contribution in [2.24, 2.45) is 0 Å². The van der Waals surface area contributed by atoms with Crippen molar-refractivity contribution in [1.82, 2.24) is 4.98 Å². The Hall–Kier alpha value is -2.22. The number of hydrogen-bond donors (Lipinski definition) is 1. The van der Waals surface area contributed by atoms with Crippen LogP contribution in [0.15, 0.2) is 12.3 Å². The lowest BCUT2D eigenvalue weighted by atomic mass is 10.2. The van der Waals surface area contributed by atoms with Gasteiger partial charge in [0.2, 0.25) is 0 Å². The Bertz CT molecular complexity index is 448. The summed E-state index contributed by atoms with van der Waals surface area (Å²) in [4.78, 5) is 24.1. The van der Waals surface area contributed by atoms with Crippen LogP contribution in [0.2, 0.25) is 0 Å². The van der Waals surface area contributed by atoms with Crippen LogP contribution >= 0.6 is 0 Å². The van der Waals surface area contributed by atoms with Crippen molar-refractivity contribution in [2.45, 2.75) is 6.92 Å². The minimum absolute atomic E-state index is 0.0206. The van der Waals surface area contributed by atoms with Crippen molar-refractivity contribution in [3.8, 4) is 5.75 Å². The summed E-state index contributed by atoms with van der Waals surface area (Å²) >= 11 is 0. The number of nitro groups is 1. The summed E-state index contributed by atoms with van der Waals surface area (Å²) in [6, 6.07) is 0.859. The second kappa shape index (κ2) is 6.50. The number of aromatic nitrogens is 1. The monoisotopic (exact) mass is 256 g/mol. The first-order valence-electron chi connectivity index (χ1n) is 5.14. The van der Waals surface area contributed by atoms with Gasteiger partial charge in [-0.3, -0.25) is 0 Å². The van der Waals surface area contributed by atoms with E-state index in [0.717, 1.165) is 12.3 Å². The summed E-state index contributed by atoms with van der Waals surface area (Å²) in [6.45, 7) is 2.78. The van der Waals surface area contributed by atoms with Gasteiger partial charge in [-0.25, -0.2) is 4.79 Å². The predicted molar refractivity (Wildman–Crippen MR) is 59.8 cm³/mol. The lowest BCUT2D eigenvalue weighted by Gasteiger charge is -2.07. The Balaban J connectivity index is 2.83. The molecule has 0 aromatic carbocycles. The van der Waals surface area contributed by atoms with E-state index in [-0.39, 0.29) is 17.9 Å². The molecule has 8 heteroatoms. The fourth-order valence-electron chi connectivity index (χ4n) is 1.17. The molecule has 18 heavy (non-hydrogen) atoms. The zero-order valence-electron chi connectivity index (χ0n) is 9.66. The Morgan fingerprint density at radius 2 is 2.28 bits per heavy atom. The largest absolute Gasteiger partial charge is 0.486 e. The van der Waals surface area contributed by atoms with E-state index in [4.69, 9.17) is 14.6 Å². The maximum absolute atomic E-state index is 10.9. The van der Waals surface area contributed by atoms with Gasteiger partial charge in [0.15, 0.2) is 11.9 Å². The molecule has 8 nitrogen and oxygen atoms in total. The predicted octanol–water partition coefficient (Wildman–Crippen LogP) is 1.10. The van der Waals surface area contributed by atoms with Crippen LogP contribution in [-0.4, -0.2) is 40.8 Å². The normalized spacial score (nSPS) is 10.1. The molecule has 1 heterocycles. The summed E-state index contributed by atoms with van der Waals surface area (Å²) in [5.41, 5.74) is -0.298. The zero-order valence-corrected chi connectivity index (χ0v) is 9.66. The minimum Gasteiger partial charge on any atom is -0.486 e. The molecule has 0 aliphatic heterocycles. The molecule has 1 N–H and O–H groups in total. The molecule has 98 valence electrons. The third-order valence-corrected chi connectivity index (χ3v) is 1.96. The first-order valence-corrected chi connectivity index (χ1v) is 5.14. The van der Waals surface area contributed by atoms with Crippen molar-refractivity contribution >= 4 is 11.8 Å². The molecule has 0 aliphatic rings. The van der Waals surface area contributed by atoms with Crippen molar-refractivity contribution in [3.05, 3.63) is 27.9 Å². The first-order chi connectivity index (χ1) is 8.56. The summed E-state index contributed by atoms with van der Waals surface area (Å²) in [5, 5.41) is 19.4. The number of ether oxygens (including phenoxy) is 2. The van der Waals surface area contributed by atoms with Crippen LogP contribution in [0.1, 0.15) is 17.3 Å². The van der Waals surface area contributed by atoms with Crippen LogP contribution in [0.5, 0.6) is 5.75 Å². The van der Waals surface area contributed by atoms with Crippen LogP contribution in [0.4, 0.5) is 5.82 Å². The number of carboxylic acids is 1. The Labute approximate surface area is 102 Å². The van der Waals surface area contributed by atoms with E-state index in [1.165, 1.54) is 0 Å². The summed E-state index contributed by atoms with van der Waals surface area (Å²) < 4.78 is 10.2. The van der Waals surface area contributed by atoms with Gasteiger partial charge >= 0.3 is 11.8 Å². The standard InChI is InChI=1S/C10H12N2O6/c1-2-17-3-4-18-8-6-11-9(12(15)16)5-7(8)10(13)14/h5-6H,2-4H2,1H3,(H,13,14). The topological polar surface area (TPSA) is 112 Å². The molecular formula is C10H12N2O6. The Kier molecular flexibility index (Phi) is 5.00. The first kappa shape index (κ1) is 13.8. The van der Waals surface area contributed by atoms with Gasteiger partial charge in [0, 0.05) is 6.61 Å². The second-order valence-corrected chi connectivity index (χ2v) is 3.15. The number of nitrogens with zero attached hydrogens (tertiary/aromatic N) is 2. The van der Waals surface area contributed by atoms with Gasteiger partial charge in [-0.05, 0) is 16.8 Å². The highest BCUT2D eigenvalue weighted by Gasteiger charge is 2.19. The van der Waals surface area contributed by atoms with Gasteiger partial charge in [-0.1, -0.05) is 0 Å². The van der Waals surface area contributed by atoms with Gasteiger partial charge in [0.25, 0.3) is 0 Å². The highest BCUT2D eigenvalue weighted by atomic mass is 16.6. The summed E-state index contributed by atoms with van der Waals surface area (Å²) in [6.07, 6.45) is 1.02. The molecular weight excluding hydrogens is 244 g/mol. The molecule has 0 atom stereocenters. The molecule has 0 bridgehead atoms. The second-order valence-electron chi connectivity index (χ2n) is 3.15. The smallest absolute Gasteiger partial charge is 0.364 e. The molecule has 0 saturated heterocycles. The SMILES string of the molecule is CCOCCOc1cnc([N+](=O)[O-])cc1C(=O)O. The van der Waals surface area contributed by atoms with Gasteiger partial charge in [0.1, 0.15) is 12.2 Å². The lowest BCUT2D eigenvalue weighted by molar-refractivity contribution is -0.389. The van der Waals surface area contributed by atoms with Gasteiger partial charge in [-0.2, -0.15) is 0 Å². The average molecular weight is 256 g/mol. The van der Waals surface area contributed by atoms with Crippen LogP contribution < -0.4 is 4.74 Å². The summed E-state index contributed by atoms with van der Waals surface area (Å²) in [7, 11) is 0. The molecule has 1 rings (SSSR count). The number of carboxylic acid groups (broad SMARTS) is 1. The summed E-state index contributed by atoms with van der Waals surface area (Å²) in [5.74, 6) is -1.87. The third kappa shape index (κ3) is 3.67.